The van der Waals surface area contributed by atoms with Crippen LogP contribution in [0.15, 0.2) is 40.8 Å². The van der Waals surface area contributed by atoms with Crippen molar-refractivity contribution >= 4 is 43.6 Å². The van der Waals surface area contributed by atoms with Gasteiger partial charge >= 0.3 is 0 Å². The maximum Gasteiger partial charge on any atom is 0.227 e. The van der Waals surface area contributed by atoms with Crippen LogP contribution in [0.25, 0.3) is 21.9 Å². The number of ether oxygens (including phenoxy) is 1. The minimum Gasteiger partial charge on any atom is -0.494 e. The molecule has 0 atom stereocenters. The third kappa shape index (κ3) is 4.27. The van der Waals surface area contributed by atoms with Gasteiger partial charge in [0.15, 0.2) is 5.75 Å². The lowest BCUT2D eigenvalue weighted by Gasteiger charge is -2.29. The van der Waals surface area contributed by atoms with Gasteiger partial charge < -0.3 is 14.5 Å². The van der Waals surface area contributed by atoms with Crippen molar-refractivity contribution in [1.29, 1.82) is 0 Å². The third-order valence-corrected chi connectivity index (χ3v) is 7.91. The first kappa shape index (κ1) is 21.6. The number of carbonyl (C=O) groups excluding carboxylic acids is 1. The SMILES string of the molecule is COc1c(NC(=O)C2CCC(NS(=O)(=O)C(C)C)CC2)ccc2oc3ccccc3c12. The Morgan fingerprint density at radius 2 is 1.77 bits per heavy atom. The second kappa shape index (κ2) is 8.51. The second-order valence-corrected chi connectivity index (χ2v) is 10.6. The molecule has 7 nitrogen and oxygen atoms in total. The summed E-state index contributed by atoms with van der Waals surface area (Å²) in [4.78, 5) is 12.9. The molecule has 4 rings (SSSR count). The number of hydrogen-bond acceptors (Lipinski definition) is 5. The monoisotopic (exact) mass is 444 g/mol. The molecule has 1 saturated carbocycles. The van der Waals surface area contributed by atoms with Gasteiger partial charge in [-0.15, -0.1) is 0 Å². The molecule has 1 aliphatic rings. The average molecular weight is 445 g/mol. The van der Waals surface area contributed by atoms with Crippen LogP contribution in [0.3, 0.4) is 0 Å². The van der Waals surface area contributed by atoms with Crippen molar-refractivity contribution in [1.82, 2.24) is 4.72 Å². The number of methoxy groups -OCH3 is 1. The predicted molar refractivity (Wildman–Crippen MR) is 122 cm³/mol. The second-order valence-electron chi connectivity index (χ2n) is 8.37. The molecule has 2 aromatic carbocycles. The fourth-order valence-corrected chi connectivity index (χ4v) is 5.14. The van der Waals surface area contributed by atoms with E-state index >= 15 is 0 Å². The van der Waals surface area contributed by atoms with Crippen LogP contribution in [0.5, 0.6) is 5.75 Å². The predicted octanol–water partition coefficient (Wildman–Crippen LogP) is 4.42. The fourth-order valence-electron chi connectivity index (χ4n) is 4.17. The molecule has 31 heavy (non-hydrogen) atoms. The molecule has 2 N–H and O–H groups in total. The number of sulfonamides is 1. The van der Waals surface area contributed by atoms with E-state index in [1.165, 1.54) is 0 Å². The van der Waals surface area contributed by atoms with E-state index in [4.69, 9.17) is 9.15 Å². The molecule has 166 valence electrons. The van der Waals surface area contributed by atoms with Crippen molar-refractivity contribution in [2.45, 2.75) is 50.8 Å². The Hall–Kier alpha value is -2.58. The van der Waals surface area contributed by atoms with Crippen LogP contribution < -0.4 is 14.8 Å². The molecule has 0 bridgehead atoms. The van der Waals surface area contributed by atoms with Gasteiger partial charge in [0.1, 0.15) is 11.2 Å². The summed E-state index contributed by atoms with van der Waals surface area (Å²) in [7, 11) is -1.72. The van der Waals surface area contributed by atoms with Crippen LogP contribution in [0.2, 0.25) is 0 Å². The Kier molecular flexibility index (Phi) is 5.94. The van der Waals surface area contributed by atoms with Gasteiger partial charge in [-0.3, -0.25) is 4.79 Å². The first-order chi connectivity index (χ1) is 14.8. The largest absolute Gasteiger partial charge is 0.494 e. The van der Waals surface area contributed by atoms with Crippen molar-refractivity contribution in [2.24, 2.45) is 5.92 Å². The highest BCUT2D eigenvalue weighted by Crippen LogP contribution is 2.40. The number of hydrogen-bond donors (Lipinski definition) is 2. The number of para-hydroxylation sites is 1. The van der Waals surface area contributed by atoms with Crippen LogP contribution in [0, 0.1) is 5.92 Å². The molecule has 3 aromatic rings. The number of rotatable bonds is 6. The van der Waals surface area contributed by atoms with E-state index in [2.05, 4.69) is 10.0 Å². The first-order valence-corrected chi connectivity index (χ1v) is 12.1. The molecule has 0 saturated heterocycles. The van der Waals surface area contributed by atoms with E-state index in [1.807, 2.05) is 30.3 Å². The van der Waals surface area contributed by atoms with Crippen LogP contribution in [-0.2, 0) is 14.8 Å². The van der Waals surface area contributed by atoms with E-state index < -0.39 is 15.3 Å². The number of carbonyl (C=O) groups is 1. The maximum absolute atomic E-state index is 12.9. The molecule has 0 aliphatic heterocycles. The normalized spacial score (nSPS) is 19.7. The molecular formula is C23H28N2O5S. The first-order valence-electron chi connectivity index (χ1n) is 10.6. The summed E-state index contributed by atoms with van der Waals surface area (Å²) >= 11 is 0. The van der Waals surface area contributed by atoms with Crippen LogP contribution >= 0.6 is 0 Å². The number of nitrogens with one attached hydrogen (secondary N) is 2. The summed E-state index contributed by atoms with van der Waals surface area (Å²) in [6.07, 6.45) is 2.56. The zero-order chi connectivity index (χ0) is 22.2. The molecule has 8 heteroatoms. The minimum absolute atomic E-state index is 0.0735. The lowest BCUT2D eigenvalue weighted by atomic mass is 9.86. The van der Waals surface area contributed by atoms with Gasteiger partial charge in [-0.2, -0.15) is 0 Å². The summed E-state index contributed by atoms with van der Waals surface area (Å²) in [5.74, 6) is 0.339. The van der Waals surface area contributed by atoms with Crippen molar-refractivity contribution < 1.29 is 22.4 Å². The lowest BCUT2D eigenvalue weighted by Crippen LogP contribution is -2.42. The van der Waals surface area contributed by atoms with E-state index in [0.717, 1.165) is 16.4 Å². The number of fused-ring (bicyclic) bond motifs is 3. The standard InChI is InChI=1S/C23H28N2O5S/c1-14(2)31(27,28)25-16-10-8-15(9-11-16)23(26)24-18-12-13-20-21(22(18)29-3)17-6-4-5-7-19(17)30-20/h4-7,12-16,25H,8-11H2,1-3H3,(H,24,26). The smallest absolute Gasteiger partial charge is 0.227 e. The molecule has 1 fully saturated rings. The van der Waals surface area contributed by atoms with E-state index in [9.17, 15) is 13.2 Å². The number of amides is 1. The highest BCUT2D eigenvalue weighted by molar-refractivity contribution is 7.90. The minimum atomic E-state index is -3.30. The molecule has 1 heterocycles. The van der Waals surface area contributed by atoms with E-state index in [-0.39, 0.29) is 17.9 Å². The van der Waals surface area contributed by atoms with Gasteiger partial charge in [0, 0.05) is 17.3 Å². The maximum atomic E-state index is 12.9. The highest BCUT2D eigenvalue weighted by Gasteiger charge is 2.30. The van der Waals surface area contributed by atoms with Crippen molar-refractivity contribution in [3.05, 3.63) is 36.4 Å². The lowest BCUT2D eigenvalue weighted by molar-refractivity contribution is -0.120. The molecule has 0 spiro atoms. The highest BCUT2D eigenvalue weighted by atomic mass is 32.2. The van der Waals surface area contributed by atoms with Crippen molar-refractivity contribution in [2.75, 3.05) is 12.4 Å². The van der Waals surface area contributed by atoms with Crippen LogP contribution in [-0.4, -0.2) is 32.7 Å². The van der Waals surface area contributed by atoms with Gasteiger partial charge in [0.2, 0.25) is 15.9 Å². The quantitative estimate of drug-likeness (QED) is 0.587. The van der Waals surface area contributed by atoms with Gasteiger partial charge in [-0.05, 0) is 57.7 Å². The Balaban J connectivity index is 1.49. The average Bonchev–Trinajstić information content (AvgIpc) is 3.12. The molecular weight excluding hydrogens is 416 g/mol. The van der Waals surface area contributed by atoms with Gasteiger partial charge in [-0.25, -0.2) is 13.1 Å². The summed E-state index contributed by atoms with van der Waals surface area (Å²) in [6.45, 7) is 3.32. The van der Waals surface area contributed by atoms with Gasteiger partial charge in [0.25, 0.3) is 0 Å². The number of anilines is 1. The summed E-state index contributed by atoms with van der Waals surface area (Å²) < 4.78 is 38.5. The van der Waals surface area contributed by atoms with Crippen molar-refractivity contribution in [3.8, 4) is 5.75 Å². The number of furan rings is 1. The molecule has 0 radical (unpaired) electrons. The summed E-state index contributed by atoms with van der Waals surface area (Å²) in [5.41, 5.74) is 2.07. The molecule has 0 unspecified atom stereocenters. The zero-order valence-electron chi connectivity index (χ0n) is 18.0. The third-order valence-electron chi connectivity index (χ3n) is 6.01. The zero-order valence-corrected chi connectivity index (χ0v) is 18.8. The van der Waals surface area contributed by atoms with E-state index in [1.54, 1.807) is 27.0 Å². The topological polar surface area (TPSA) is 97.6 Å². The molecule has 1 amide bonds. The van der Waals surface area contributed by atoms with Gasteiger partial charge in [-0.1, -0.05) is 18.2 Å². The molecule has 1 aliphatic carbocycles. The Labute approximate surface area is 182 Å². The van der Waals surface area contributed by atoms with Crippen LogP contribution in [0.4, 0.5) is 5.69 Å². The Bertz CT molecular complexity index is 1210. The van der Waals surface area contributed by atoms with Crippen molar-refractivity contribution in [3.63, 3.8) is 0 Å². The molecule has 1 aromatic heterocycles. The summed E-state index contributed by atoms with van der Waals surface area (Å²) in [6, 6.07) is 11.2. The Morgan fingerprint density at radius 3 is 2.45 bits per heavy atom. The fraction of sp³-hybridized carbons (Fsp3) is 0.435. The Morgan fingerprint density at radius 1 is 1.06 bits per heavy atom. The van der Waals surface area contributed by atoms with E-state index in [0.29, 0.717) is 42.7 Å². The number of benzene rings is 2. The van der Waals surface area contributed by atoms with Crippen LogP contribution in [0.1, 0.15) is 39.5 Å². The van der Waals surface area contributed by atoms with Gasteiger partial charge in [0.05, 0.1) is 23.4 Å². The summed E-state index contributed by atoms with van der Waals surface area (Å²) in [5, 5.41) is 4.32.